The van der Waals surface area contributed by atoms with Crippen molar-refractivity contribution in [1.82, 2.24) is 25.3 Å². The molecule has 0 spiro atoms. The molecule has 2 N–H and O–H groups in total. The number of morpholine rings is 1. The lowest BCUT2D eigenvalue weighted by atomic mass is 10.1. The van der Waals surface area contributed by atoms with Crippen molar-refractivity contribution in [2.45, 2.75) is 6.04 Å². The number of amides is 1. The largest absolute Gasteiger partial charge is 0.379 e. The smallest absolute Gasteiger partial charge is 0.256 e. The van der Waals surface area contributed by atoms with Gasteiger partial charge in [-0.25, -0.2) is 9.99 Å². The van der Waals surface area contributed by atoms with Crippen molar-refractivity contribution in [3.8, 4) is 0 Å². The van der Waals surface area contributed by atoms with Crippen LogP contribution in [0.3, 0.4) is 0 Å². The number of aromatic nitrogens is 2. The highest BCUT2D eigenvalue weighted by atomic mass is 79.9. The molecule has 0 radical (unpaired) electrons. The number of ether oxygens (including phenoxy) is 1. The Balaban J connectivity index is 1.46. The van der Waals surface area contributed by atoms with E-state index in [2.05, 4.69) is 37.3 Å². The highest BCUT2D eigenvalue weighted by Crippen LogP contribution is 2.31. The second-order valence-electron chi connectivity index (χ2n) is 7.44. The molecule has 2 aliphatic rings. The predicted molar refractivity (Wildman–Crippen MR) is 118 cm³/mol. The average Bonchev–Trinajstić information content (AvgIpc) is 3.39. The minimum absolute atomic E-state index is 0.00529. The number of fused-ring (bicyclic) bond motifs is 1. The topological polar surface area (TPSA) is 73.5 Å². The number of halogens is 1. The van der Waals surface area contributed by atoms with Gasteiger partial charge in [0, 0.05) is 17.6 Å². The maximum Gasteiger partial charge on any atom is 0.256 e. The van der Waals surface area contributed by atoms with Crippen molar-refractivity contribution in [1.29, 1.82) is 0 Å². The SMILES string of the molecule is O=C(CN1CCOCC1)N1NC(c2ccc(Br)cc2)=CC1c1nc2ccccc2[nH]1. The van der Waals surface area contributed by atoms with Crippen molar-refractivity contribution < 1.29 is 9.53 Å². The highest BCUT2D eigenvalue weighted by molar-refractivity contribution is 9.10. The first-order chi connectivity index (χ1) is 14.7. The third kappa shape index (κ3) is 3.86. The molecule has 30 heavy (non-hydrogen) atoms. The Labute approximate surface area is 182 Å². The van der Waals surface area contributed by atoms with Crippen LogP contribution in [0, 0.1) is 0 Å². The fourth-order valence-corrected chi connectivity index (χ4v) is 4.08. The molecule has 2 aromatic carbocycles. The number of carbonyl (C=O) groups excluding carboxylic acids is 1. The summed E-state index contributed by atoms with van der Waals surface area (Å²) in [5.74, 6) is 0.747. The maximum absolute atomic E-state index is 13.2. The third-order valence-corrected chi connectivity index (χ3v) is 5.95. The number of hydrogen-bond donors (Lipinski definition) is 2. The lowest BCUT2D eigenvalue weighted by Crippen LogP contribution is -2.48. The van der Waals surface area contributed by atoms with E-state index in [4.69, 9.17) is 9.72 Å². The average molecular weight is 468 g/mol. The van der Waals surface area contributed by atoms with E-state index in [0.717, 1.165) is 45.7 Å². The molecule has 1 amide bonds. The van der Waals surface area contributed by atoms with Gasteiger partial charge in [-0.3, -0.25) is 15.1 Å². The Hall–Kier alpha value is -2.68. The van der Waals surface area contributed by atoms with Crippen LogP contribution in [-0.4, -0.2) is 58.6 Å². The van der Waals surface area contributed by atoms with Crippen LogP contribution >= 0.6 is 15.9 Å². The zero-order valence-electron chi connectivity index (χ0n) is 16.3. The number of H-pyrrole nitrogens is 1. The number of hydrazine groups is 1. The van der Waals surface area contributed by atoms with Crippen LogP contribution in [0.4, 0.5) is 0 Å². The lowest BCUT2D eigenvalue weighted by Gasteiger charge is -2.30. The van der Waals surface area contributed by atoms with Gasteiger partial charge in [-0.15, -0.1) is 0 Å². The first kappa shape index (κ1) is 19.3. The van der Waals surface area contributed by atoms with Gasteiger partial charge in [0.05, 0.1) is 36.5 Å². The van der Waals surface area contributed by atoms with E-state index in [0.29, 0.717) is 19.8 Å². The van der Waals surface area contributed by atoms with E-state index in [1.807, 2.05) is 48.5 Å². The van der Waals surface area contributed by atoms with Gasteiger partial charge in [-0.05, 0) is 35.9 Å². The van der Waals surface area contributed by atoms with Gasteiger partial charge in [0.2, 0.25) is 0 Å². The van der Waals surface area contributed by atoms with E-state index in [-0.39, 0.29) is 11.9 Å². The van der Waals surface area contributed by atoms with Gasteiger partial charge in [0.1, 0.15) is 11.9 Å². The second kappa shape index (κ2) is 8.22. The summed E-state index contributed by atoms with van der Waals surface area (Å²) in [6, 6.07) is 15.6. The monoisotopic (exact) mass is 467 g/mol. The molecule has 3 aromatic rings. The first-order valence-electron chi connectivity index (χ1n) is 9.98. The summed E-state index contributed by atoms with van der Waals surface area (Å²) in [6.07, 6.45) is 2.05. The van der Waals surface area contributed by atoms with E-state index in [1.165, 1.54) is 0 Å². The van der Waals surface area contributed by atoms with Gasteiger partial charge in [-0.1, -0.05) is 40.2 Å². The molecule has 0 saturated carbocycles. The van der Waals surface area contributed by atoms with Crippen LogP contribution < -0.4 is 5.43 Å². The lowest BCUT2D eigenvalue weighted by molar-refractivity contribution is -0.136. The van der Waals surface area contributed by atoms with Crippen molar-refractivity contribution >= 4 is 38.6 Å². The fraction of sp³-hybridized carbons (Fsp3) is 0.273. The molecule has 1 fully saturated rings. The number of carbonyl (C=O) groups is 1. The van der Waals surface area contributed by atoms with Gasteiger partial charge >= 0.3 is 0 Å². The summed E-state index contributed by atoms with van der Waals surface area (Å²) in [5, 5.41) is 1.69. The van der Waals surface area contributed by atoms with Crippen LogP contribution in [0.25, 0.3) is 16.7 Å². The van der Waals surface area contributed by atoms with Crippen LogP contribution in [-0.2, 0) is 9.53 Å². The molecule has 0 bridgehead atoms. The fourth-order valence-electron chi connectivity index (χ4n) is 3.82. The van der Waals surface area contributed by atoms with Crippen LogP contribution in [0.2, 0.25) is 0 Å². The number of para-hydroxylation sites is 2. The summed E-state index contributed by atoms with van der Waals surface area (Å²) in [7, 11) is 0. The molecule has 7 nitrogen and oxygen atoms in total. The molecule has 3 heterocycles. The Kier molecular flexibility index (Phi) is 5.28. The van der Waals surface area contributed by atoms with E-state index >= 15 is 0 Å². The number of nitrogens with zero attached hydrogens (tertiary/aromatic N) is 3. The second-order valence-corrected chi connectivity index (χ2v) is 8.35. The molecular formula is C22H22BrN5O2. The normalized spacial score (nSPS) is 19.7. The predicted octanol–water partition coefficient (Wildman–Crippen LogP) is 3.09. The number of hydrogen-bond acceptors (Lipinski definition) is 5. The molecule has 1 atom stereocenters. The highest BCUT2D eigenvalue weighted by Gasteiger charge is 2.33. The van der Waals surface area contributed by atoms with Crippen LogP contribution in [0.5, 0.6) is 0 Å². The minimum Gasteiger partial charge on any atom is -0.379 e. The molecule has 1 aromatic heterocycles. The molecule has 2 aliphatic heterocycles. The number of rotatable bonds is 4. The van der Waals surface area contributed by atoms with Gasteiger partial charge < -0.3 is 9.72 Å². The van der Waals surface area contributed by atoms with Crippen LogP contribution in [0.1, 0.15) is 17.4 Å². The molecular weight excluding hydrogens is 446 g/mol. The Morgan fingerprint density at radius 2 is 1.90 bits per heavy atom. The molecule has 1 unspecified atom stereocenters. The number of nitrogens with one attached hydrogen (secondary N) is 2. The van der Waals surface area contributed by atoms with E-state index in [9.17, 15) is 4.79 Å². The Morgan fingerprint density at radius 3 is 2.67 bits per heavy atom. The Bertz CT molecular complexity index is 1060. The standard InChI is InChI=1S/C22H22BrN5O2/c23-16-7-5-15(6-8-16)19-13-20(22-24-17-3-1-2-4-18(17)25-22)28(26-19)21(29)14-27-9-11-30-12-10-27/h1-8,13,20,26H,9-12,14H2,(H,24,25). The molecule has 154 valence electrons. The third-order valence-electron chi connectivity index (χ3n) is 5.42. The van der Waals surface area contributed by atoms with Crippen LogP contribution in [0.15, 0.2) is 59.1 Å². The molecule has 0 aliphatic carbocycles. The van der Waals surface area contributed by atoms with Crippen molar-refractivity contribution in [2.75, 3.05) is 32.8 Å². The number of benzene rings is 2. The molecule has 8 heteroatoms. The summed E-state index contributed by atoms with van der Waals surface area (Å²) in [6.45, 7) is 3.20. The zero-order valence-corrected chi connectivity index (χ0v) is 17.9. The quantitative estimate of drug-likeness (QED) is 0.616. The first-order valence-corrected chi connectivity index (χ1v) is 10.8. The van der Waals surface area contributed by atoms with Crippen molar-refractivity contribution in [3.05, 3.63) is 70.5 Å². The summed E-state index contributed by atoms with van der Waals surface area (Å²) in [4.78, 5) is 23.5. The Morgan fingerprint density at radius 1 is 1.13 bits per heavy atom. The van der Waals surface area contributed by atoms with Crippen molar-refractivity contribution in [2.24, 2.45) is 0 Å². The minimum atomic E-state index is -0.315. The van der Waals surface area contributed by atoms with E-state index in [1.54, 1.807) is 5.01 Å². The van der Waals surface area contributed by atoms with E-state index < -0.39 is 0 Å². The van der Waals surface area contributed by atoms with Gasteiger partial charge in [0.15, 0.2) is 0 Å². The maximum atomic E-state index is 13.2. The zero-order chi connectivity index (χ0) is 20.5. The summed E-state index contributed by atoms with van der Waals surface area (Å²) in [5.41, 5.74) is 7.07. The summed E-state index contributed by atoms with van der Waals surface area (Å²) < 4.78 is 6.42. The van der Waals surface area contributed by atoms with Crippen molar-refractivity contribution in [3.63, 3.8) is 0 Å². The number of imidazole rings is 1. The van der Waals surface area contributed by atoms with Gasteiger partial charge in [-0.2, -0.15) is 0 Å². The molecule has 1 saturated heterocycles. The summed E-state index contributed by atoms with van der Waals surface area (Å²) >= 11 is 3.48. The molecule has 5 rings (SSSR count). The number of aromatic amines is 1. The van der Waals surface area contributed by atoms with Gasteiger partial charge in [0.25, 0.3) is 5.91 Å².